The van der Waals surface area contributed by atoms with Gasteiger partial charge in [0, 0.05) is 18.2 Å². The first-order valence-corrected chi connectivity index (χ1v) is 6.65. The van der Waals surface area contributed by atoms with Gasteiger partial charge in [-0.15, -0.1) is 5.10 Å². The molecule has 0 radical (unpaired) electrons. The smallest absolute Gasteiger partial charge is 0.434 e. The number of nitrogens with two attached hydrogens (primary N) is 1. The Balaban J connectivity index is 2.13. The highest BCUT2D eigenvalue weighted by Crippen LogP contribution is 2.33. The van der Waals surface area contributed by atoms with Crippen LogP contribution in [0.25, 0.3) is 22.7 Å². The van der Waals surface area contributed by atoms with Crippen molar-refractivity contribution in [2.45, 2.75) is 6.61 Å². The zero-order chi connectivity index (χ0) is 17.3. The molecule has 0 spiro atoms. The Morgan fingerprint density at radius 3 is 2.67 bits per heavy atom. The Morgan fingerprint density at radius 2 is 2.08 bits per heavy atom. The minimum Gasteiger partial charge on any atom is -0.434 e. The van der Waals surface area contributed by atoms with Gasteiger partial charge in [0.05, 0.1) is 18.1 Å². The van der Waals surface area contributed by atoms with Crippen LogP contribution in [0.1, 0.15) is 0 Å². The molecule has 0 atom stereocenters. The summed E-state index contributed by atoms with van der Waals surface area (Å²) < 4.78 is 35.7. The van der Waals surface area contributed by atoms with Gasteiger partial charge in [-0.25, -0.2) is 9.78 Å². The maximum absolute atomic E-state index is 12.6. The number of rotatable bonds is 4. The highest BCUT2D eigenvalue weighted by molar-refractivity contribution is 5.73. The zero-order valence-corrected chi connectivity index (χ0v) is 12.3. The predicted molar refractivity (Wildman–Crippen MR) is 79.3 cm³/mol. The largest absolute Gasteiger partial charge is 0.437 e. The molecule has 8 nitrogen and oxygen atoms in total. The van der Waals surface area contributed by atoms with Crippen LogP contribution in [0.5, 0.6) is 5.75 Å². The average Bonchev–Trinajstić information content (AvgIpc) is 2.87. The van der Waals surface area contributed by atoms with Crippen LogP contribution in [-0.4, -0.2) is 26.4 Å². The van der Waals surface area contributed by atoms with Gasteiger partial charge in [0.1, 0.15) is 11.6 Å². The normalized spacial score (nSPS) is 11.0. The van der Waals surface area contributed by atoms with Crippen molar-refractivity contribution in [3.05, 3.63) is 41.1 Å². The lowest BCUT2D eigenvalue weighted by molar-refractivity contribution is -0.0494. The molecule has 0 saturated carbocycles. The maximum Gasteiger partial charge on any atom is 0.437 e. The Bertz CT molecular complexity index is 921. The molecule has 2 heterocycles. The van der Waals surface area contributed by atoms with Crippen LogP contribution < -0.4 is 16.2 Å². The molecule has 0 aliphatic rings. The van der Waals surface area contributed by atoms with E-state index in [0.717, 1.165) is 4.68 Å². The van der Waals surface area contributed by atoms with E-state index in [9.17, 15) is 13.6 Å². The molecular weight excluding hydrogens is 324 g/mol. The monoisotopic (exact) mass is 335 g/mol. The van der Waals surface area contributed by atoms with E-state index in [1.165, 1.54) is 37.6 Å². The molecule has 0 unspecified atom stereocenters. The van der Waals surface area contributed by atoms with Crippen molar-refractivity contribution >= 4 is 5.82 Å². The molecule has 2 aromatic heterocycles. The van der Waals surface area contributed by atoms with Gasteiger partial charge in [-0.3, -0.25) is 4.98 Å². The van der Waals surface area contributed by atoms with E-state index in [1.54, 1.807) is 0 Å². The Hall–Kier alpha value is -3.30. The van der Waals surface area contributed by atoms with Crippen molar-refractivity contribution in [2.75, 3.05) is 5.73 Å². The van der Waals surface area contributed by atoms with E-state index >= 15 is 0 Å². The molecule has 0 aliphatic carbocycles. The fourth-order valence-corrected chi connectivity index (χ4v) is 2.00. The molecule has 3 rings (SSSR count). The summed E-state index contributed by atoms with van der Waals surface area (Å²) in [4.78, 5) is 19.3. The first kappa shape index (κ1) is 15.6. The minimum absolute atomic E-state index is 0.0377. The Morgan fingerprint density at radius 1 is 1.29 bits per heavy atom. The highest BCUT2D eigenvalue weighted by Gasteiger charge is 2.16. The molecule has 3 aromatic rings. The second kappa shape index (κ2) is 6.07. The fraction of sp³-hybridized carbons (Fsp3) is 0.143. The number of alkyl halides is 2. The van der Waals surface area contributed by atoms with Gasteiger partial charge in [0.15, 0.2) is 0 Å². The van der Waals surface area contributed by atoms with Crippen LogP contribution in [0.15, 0.2) is 39.8 Å². The van der Waals surface area contributed by atoms with Crippen LogP contribution in [-0.2, 0) is 7.05 Å². The topological polar surface area (TPSA) is 109 Å². The van der Waals surface area contributed by atoms with Gasteiger partial charge in [0.25, 0.3) is 0 Å². The quantitative estimate of drug-likeness (QED) is 0.772. The van der Waals surface area contributed by atoms with Crippen LogP contribution in [0.4, 0.5) is 14.6 Å². The van der Waals surface area contributed by atoms with Crippen molar-refractivity contribution in [1.29, 1.82) is 0 Å². The summed E-state index contributed by atoms with van der Waals surface area (Å²) >= 11 is 0. The van der Waals surface area contributed by atoms with Crippen LogP contribution >= 0.6 is 0 Å². The van der Waals surface area contributed by atoms with E-state index < -0.39 is 12.4 Å². The number of ether oxygens (including phenoxy) is 1. The predicted octanol–water partition coefficient (Wildman–Crippen LogP) is 1.68. The van der Waals surface area contributed by atoms with Gasteiger partial charge in [-0.2, -0.15) is 13.5 Å². The van der Waals surface area contributed by atoms with Crippen LogP contribution in [0.2, 0.25) is 0 Å². The Labute approximate surface area is 133 Å². The second-order valence-corrected chi connectivity index (χ2v) is 4.71. The number of aryl methyl sites for hydroxylation is 1. The second-order valence-electron chi connectivity index (χ2n) is 4.71. The zero-order valence-electron chi connectivity index (χ0n) is 12.3. The van der Waals surface area contributed by atoms with Crippen molar-refractivity contribution in [3.8, 4) is 28.5 Å². The summed E-state index contributed by atoms with van der Waals surface area (Å²) in [6.45, 7) is -3.01. The molecule has 0 bridgehead atoms. The number of hydrogen-bond donors (Lipinski definition) is 1. The average molecular weight is 335 g/mol. The van der Waals surface area contributed by atoms with Crippen molar-refractivity contribution < 1.29 is 17.9 Å². The van der Waals surface area contributed by atoms with Crippen molar-refractivity contribution in [3.63, 3.8) is 0 Å². The molecule has 0 aliphatic heterocycles. The number of nitrogen functional groups attached to an aromatic ring is 1. The number of halogens is 2. The van der Waals surface area contributed by atoms with Gasteiger partial charge < -0.3 is 14.9 Å². The Kier molecular flexibility index (Phi) is 3.94. The maximum atomic E-state index is 12.6. The van der Waals surface area contributed by atoms with Gasteiger partial charge in [-0.1, -0.05) is 0 Å². The molecule has 0 saturated heterocycles. The van der Waals surface area contributed by atoms with E-state index in [0.29, 0.717) is 5.56 Å². The molecular formula is C14H11F2N5O3. The van der Waals surface area contributed by atoms with E-state index in [2.05, 4.69) is 19.8 Å². The number of hydrogen-bond acceptors (Lipinski definition) is 7. The SMILES string of the molecule is Cn1nc(-c2ccc(OC(F)F)c(-c3cnc(N)cn3)c2)oc1=O. The fourth-order valence-electron chi connectivity index (χ4n) is 2.00. The molecule has 1 aromatic carbocycles. The van der Waals surface area contributed by atoms with Gasteiger partial charge in [0.2, 0.25) is 5.89 Å². The molecule has 0 amide bonds. The third-order valence-corrected chi connectivity index (χ3v) is 3.08. The summed E-state index contributed by atoms with van der Waals surface area (Å²) in [7, 11) is 1.43. The summed E-state index contributed by atoms with van der Waals surface area (Å²) in [5.74, 6) is -0.532. The van der Waals surface area contributed by atoms with Gasteiger partial charge in [-0.05, 0) is 18.2 Å². The third kappa shape index (κ3) is 3.07. The highest BCUT2D eigenvalue weighted by atomic mass is 19.3. The summed E-state index contributed by atoms with van der Waals surface area (Å²) in [5, 5.41) is 3.91. The lowest BCUT2D eigenvalue weighted by Crippen LogP contribution is -2.09. The molecule has 2 N–H and O–H groups in total. The summed E-state index contributed by atoms with van der Waals surface area (Å²) in [5.41, 5.74) is 6.36. The van der Waals surface area contributed by atoms with E-state index in [-0.39, 0.29) is 28.7 Å². The standard InChI is InChI=1S/C14H11F2N5O3/c1-21-14(22)24-12(20-21)7-2-3-10(23-13(15)16)8(4-7)9-5-19-11(17)6-18-9/h2-6,13H,1H3,(H2,17,19). The number of benzene rings is 1. The third-order valence-electron chi connectivity index (χ3n) is 3.08. The van der Waals surface area contributed by atoms with Crippen LogP contribution in [0.3, 0.4) is 0 Å². The molecule has 124 valence electrons. The first-order valence-electron chi connectivity index (χ1n) is 6.65. The van der Waals surface area contributed by atoms with E-state index in [4.69, 9.17) is 10.2 Å². The minimum atomic E-state index is -3.01. The number of anilines is 1. The summed E-state index contributed by atoms with van der Waals surface area (Å²) in [6.07, 6.45) is 2.61. The first-order chi connectivity index (χ1) is 11.4. The lowest BCUT2D eigenvalue weighted by Gasteiger charge is -2.11. The lowest BCUT2D eigenvalue weighted by atomic mass is 10.1. The van der Waals surface area contributed by atoms with Crippen molar-refractivity contribution in [2.24, 2.45) is 7.05 Å². The number of aromatic nitrogens is 4. The van der Waals surface area contributed by atoms with Crippen molar-refractivity contribution in [1.82, 2.24) is 19.7 Å². The van der Waals surface area contributed by atoms with Crippen LogP contribution in [0, 0.1) is 0 Å². The van der Waals surface area contributed by atoms with Gasteiger partial charge >= 0.3 is 12.4 Å². The molecule has 10 heteroatoms. The number of nitrogens with zero attached hydrogens (tertiary/aromatic N) is 4. The molecule has 24 heavy (non-hydrogen) atoms. The molecule has 0 fully saturated rings. The summed E-state index contributed by atoms with van der Waals surface area (Å²) in [6, 6.07) is 4.21. The van der Waals surface area contributed by atoms with E-state index in [1.807, 2.05) is 0 Å².